The van der Waals surface area contributed by atoms with Gasteiger partial charge < -0.3 is 24.7 Å². The average molecular weight is 488 g/mol. The van der Waals surface area contributed by atoms with E-state index in [1.54, 1.807) is 6.20 Å². The lowest BCUT2D eigenvalue weighted by molar-refractivity contribution is -0.112. The molecule has 9 heteroatoms. The second-order valence-electron chi connectivity index (χ2n) is 8.50. The summed E-state index contributed by atoms with van der Waals surface area (Å²) >= 11 is 0. The van der Waals surface area contributed by atoms with Crippen molar-refractivity contribution in [2.75, 3.05) is 17.2 Å². The second kappa shape index (κ2) is 10.2. The van der Waals surface area contributed by atoms with Gasteiger partial charge >= 0.3 is 0 Å². The number of fused-ring (bicyclic) bond motifs is 1. The molecule has 3 heterocycles. The highest BCUT2D eigenvalue weighted by Crippen LogP contribution is 2.35. The molecule has 5 rings (SSSR count). The first-order valence-electron chi connectivity index (χ1n) is 11.7. The third-order valence-corrected chi connectivity index (χ3v) is 5.98. The van der Waals surface area contributed by atoms with Gasteiger partial charge in [0.25, 0.3) is 0 Å². The summed E-state index contributed by atoms with van der Waals surface area (Å²) in [5.41, 5.74) is 3.14. The number of carbonyl (C=O) groups excluding carboxylic acids is 1. The van der Waals surface area contributed by atoms with Crippen LogP contribution >= 0.6 is 0 Å². The number of aryl methyl sites for hydroxylation is 1. The molecular formula is C27H26FN5O3. The predicted molar refractivity (Wildman–Crippen MR) is 137 cm³/mol. The van der Waals surface area contributed by atoms with E-state index in [1.165, 1.54) is 12.1 Å². The highest BCUT2D eigenvalue weighted by molar-refractivity contribution is 5.99. The molecule has 0 radical (unpaired) electrons. The zero-order chi connectivity index (χ0) is 25.1. The van der Waals surface area contributed by atoms with Gasteiger partial charge in [0, 0.05) is 48.4 Å². The number of hydrogen-bond acceptors (Lipinski definition) is 6. The van der Waals surface area contributed by atoms with Crippen molar-refractivity contribution < 1.29 is 18.7 Å². The van der Waals surface area contributed by atoms with Crippen LogP contribution in [0.1, 0.15) is 19.3 Å². The van der Waals surface area contributed by atoms with Crippen molar-refractivity contribution in [3.05, 3.63) is 73.3 Å². The monoisotopic (exact) mass is 487 g/mol. The molecule has 1 amide bonds. The number of amides is 1. The van der Waals surface area contributed by atoms with E-state index in [9.17, 15) is 9.18 Å². The Balaban J connectivity index is 1.50. The van der Waals surface area contributed by atoms with Crippen molar-refractivity contribution in [2.24, 2.45) is 7.05 Å². The van der Waals surface area contributed by atoms with Crippen LogP contribution in [0, 0.1) is 5.82 Å². The molecule has 1 saturated heterocycles. The Morgan fingerprint density at radius 3 is 2.92 bits per heavy atom. The second-order valence-corrected chi connectivity index (χ2v) is 8.50. The Labute approximate surface area is 207 Å². The molecule has 1 atom stereocenters. The van der Waals surface area contributed by atoms with Crippen molar-refractivity contribution in [3.63, 3.8) is 0 Å². The average Bonchev–Trinajstić information content (AvgIpc) is 3.24. The molecule has 1 aliphatic rings. The van der Waals surface area contributed by atoms with E-state index in [0.29, 0.717) is 24.7 Å². The van der Waals surface area contributed by atoms with Gasteiger partial charge in [0.2, 0.25) is 11.9 Å². The Bertz CT molecular complexity index is 1430. The summed E-state index contributed by atoms with van der Waals surface area (Å²) in [6.45, 7) is 4.00. The van der Waals surface area contributed by atoms with Crippen molar-refractivity contribution >= 4 is 34.1 Å². The van der Waals surface area contributed by atoms with Crippen LogP contribution in [0.2, 0.25) is 0 Å². The Hall–Kier alpha value is -4.24. The standard InChI is InChI=1S/C27H26FN5O3/c1-3-25(34)30-21-15-22(24(14-19(21)28)36-26-10-6-7-13-35-26)32-27-29-12-11-20(31-27)18-16-33(2)23-9-5-4-8-17(18)23/h3-5,8-9,11-12,14-16,26H,1,6-7,10,13H2,2H3,(H,30,34)(H,29,31,32). The molecule has 1 unspecified atom stereocenters. The first-order valence-corrected chi connectivity index (χ1v) is 11.7. The van der Waals surface area contributed by atoms with Gasteiger partial charge in [0.1, 0.15) is 5.75 Å². The van der Waals surface area contributed by atoms with E-state index in [0.717, 1.165) is 41.1 Å². The van der Waals surface area contributed by atoms with Gasteiger partial charge in [-0.2, -0.15) is 0 Å². The number of para-hydroxylation sites is 1. The molecule has 2 aromatic heterocycles. The molecule has 184 valence electrons. The topological polar surface area (TPSA) is 90.3 Å². The molecule has 1 aliphatic heterocycles. The molecule has 4 aromatic rings. The van der Waals surface area contributed by atoms with Gasteiger partial charge in [0.05, 0.1) is 23.7 Å². The van der Waals surface area contributed by atoms with Gasteiger partial charge in [-0.25, -0.2) is 14.4 Å². The zero-order valence-corrected chi connectivity index (χ0v) is 19.8. The highest BCUT2D eigenvalue weighted by Gasteiger charge is 2.20. The number of nitrogens with one attached hydrogen (secondary N) is 2. The number of halogens is 1. The first-order chi connectivity index (χ1) is 17.5. The summed E-state index contributed by atoms with van der Waals surface area (Å²) in [7, 11) is 1.99. The minimum atomic E-state index is -0.646. The van der Waals surface area contributed by atoms with Crippen molar-refractivity contribution in [2.45, 2.75) is 25.6 Å². The van der Waals surface area contributed by atoms with Crippen LogP contribution in [-0.4, -0.2) is 33.3 Å². The maximum Gasteiger partial charge on any atom is 0.247 e. The Kier molecular flexibility index (Phi) is 6.64. The van der Waals surface area contributed by atoms with Crippen LogP contribution in [0.25, 0.3) is 22.2 Å². The summed E-state index contributed by atoms with van der Waals surface area (Å²) in [5, 5.41) is 6.68. The smallest absolute Gasteiger partial charge is 0.247 e. The van der Waals surface area contributed by atoms with Gasteiger partial charge in [-0.1, -0.05) is 24.8 Å². The molecule has 0 saturated carbocycles. The van der Waals surface area contributed by atoms with Crippen LogP contribution in [0.15, 0.2) is 67.5 Å². The van der Waals surface area contributed by atoms with Gasteiger partial charge in [-0.15, -0.1) is 0 Å². The number of anilines is 3. The highest BCUT2D eigenvalue weighted by atomic mass is 19.1. The van der Waals surface area contributed by atoms with Gasteiger partial charge in [-0.3, -0.25) is 4.79 Å². The van der Waals surface area contributed by atoms with Crippen molar-refractivity contribution in [3.8, 4) is 17.0 Å². The maximum absolute atomic E-state index is 14.8. The molecule has 1 fully saturated rings. The number of aromatic nitrogens is 3. The lowest BCUT2D eigenvalue weighted by Gasteiger charge is -2.25. The van der Waals surface area contributed by atoms with Crippen LogP contribution in [0.5, 0.6) is 5.75 Å². The van der Waals surface area contributed by atoms with Crippen molar-refractivity contribution in [1.82, 2.24) is 14.5 Å². The molecule has 0 aliphatic carbocycles. The maximum atomic E-state index is 14.8. The number of nitrogens with zero attached hydrogens (tertiary/aromatic N) is 3. The number of ether oxygens (including phenoxy) is 2. The van der Waals surface area contributed by atoms with E-state index in [1.807, 2.05) is 48.1 Å². The van der Waals surface area contributed by atoms with Crippen LogP contribution in [0.3, 0.4) is 0 Å². The Morgan fingerprint density at radius 1 is 1.25 bits per heavy atom. The number of rotatable bonds is 7. The summed E-state index contributed by atoms with van der Waals surface area (Å²) in [6.07, 6.45) is 6.87. The molecule has 0 spiro atoms. The quantitative estimate of drug-likeness (QED) is 0.332. The Morgan fingerprint density at radius 2 is 2.11 bits per heavy atom. The van der Waals surface area contributed by atoms with Gasteiger partial charge in [-0.05, 0) is 37.1 Å². The normalized spacial score (nSPS) is 15.4. The fourth-order valence-electron chi connectivity index (χ4n) is 4.21. The largest absolute Gasteiger partial charge is 0.463 e. The van der Waals surface area contributed by atoms with Crippen LogP contribution in [-0.2, 0) is 16.6 Å². The van der Waals surface area contributed by atoms with E-state index in [4.69, 9.17) is 14.5 Å². The summed E-state index contributed by atoms with van der Waals surface area (Å²) in [4.78, 5) is 20.9. The summed E-state index contributed by atoms with van der Waals surface area (Å²) in [5.74, 6) is -0.650. The number of hydrogen-bond donors (Lipinski definition) is 2. The summed E-state index contributed by atoms with van der Waals surface area (Å²) < 4.78 is 28.5. The summed E-state index contributed by atoms with van der Waals surface area (Å²) in [6, 6.07) is 12.6. The lowest BCUT2D eigenvalue weighted by atomic mass is 10.1. The fourth-order valence-corrected chi connectivity index (χ4v) is 4.21. The minimum absolute atomic E-state index is 0.0236. The molecule has 2 aromatic carbocycles. The van der Waals surface area contributed by atoms with Crippen LogP contribution < -0.4 is 15.4 Å². The van der Waals surface area contributed by atoms with Crippen LogP contribution in [0.4, 0.5) is 21.7 Å². The lowest BCUT2D eigenvalue weighted by Crippen LogP contribution is -2.25. The fraction of sp³-hybridized carbons (Fsp3) is 0.222. The SMILES string of the molecule is C=CC(=O)Nc1cc(Nc2nccc(-c3cn(C)c4ccccc34)n2)c(OC2CCCCO2)cc1F. The van der Waals surface area contributed by atoms with E-state index in [-0.39, 0.29) is 11.4 Å². The predicted octanol–water partition coefficient (Wildman–Crippen LogP) is 5.55. The van der Waals surface area contributed by atoms with Gasteiger partial charge in [0.15, 0.2) is 12.1 Å². The molecular weight excluding hydrogens is 461 g/mol. The van der Waals surface area contributed by atoms with E-state index < -0.39 is 18.0 Å². The number of carbonyl (C=O) groups is 1. The zero-order valence-electron chi connectivity index (χ0n) is 19.8. The molecule has 2 N–H and O–H groups in total. The van der Waals surface area contributed by atoms with E-state index in [2.05, 4.69) is 22.2 Å². The third-order valence-electron chi connectivity index (χ3n) is 5.98. The first kappa shape index (κ1) is 23.5. The number of benzene rings is 2. The third kappa shape index (κ3) is 4.92. The molecule has 8 nitrogen and oxygen atoms in total. The minimum Gasteiger partial charge on any atom is -0.463 e. The van der Waals surface area contributed by atoms with Crippen molar-refractivity contribution in [1.29, 1.82) is 0 Å². The van der Waals surface area contributed by atoms with E-state index >= 15 is 0 Å². The molecule has 0 bridgehead atoms. The molecule has 36 heavy (non-hydrogen) atoms.